The van der Waals surface area contributed by atoms with Gasteiger partial charge in [-0.25, -0.2) is 0 Å². The van der Waals surface area contributed by atoms with Crippen LogP contribution in [0.5, 0.6) is 5.75 Å². The van der Waals surface area contributed by atoms with Gasteiger partial charge < -0.3 is 15.0 Å². The highest BCUT2D eigenvalue weighted by atomic mass is 79.9. The number of carbonyl (C=O) groups is 2. The van der Waals surface area contributed by atoms with E-state index in [0.29, 0.717) is 18.8 Å². The zero-order valence-electron chi connectivity index (χ0n) is 15.7. The Labute approximate surface area is 168 Å². The second-order valence-electron chi connectivity index (χ2n) is 6.22. The molecule has 27 heavy (non-hydrogen) atoms. The zero-order chi connectivity index (χ0) is 19.6. The Morgan fingerprint density at radius 3 is 2.56 bits per heavy atom. The van der Waals surface area contributed by atoms with Crippen LogP contribution in [-0.4, -0.2) is 35.9 Å². The van der Waals surface area contributed by atoms with Crippen LogP contribution in [0.25, 0.3) is 0 Å². The summed E-state index contributed by atoms with van der Waals surface area (Å²) in [6, 6.07) is 16.3. The van der Waals surface area contributed by atoms with Gasteiger partial charge in [-0.2, -0.15) is 0 Å². The number of hydrogen-bond acceptors (Lipinski definition) is 3. The molecular formula is C21H25BrN2O3. The lowest BCUT2D eigenvalue weighted by Gasteiger charge is -2.28. The molecule has 2 amide bonds. The Balaban J connectivity index is 2.11. The van der Waals surface area contributed by atoms with Gasteiger partial charge in [0.05, 0.1) is 0 Å². The van der Waals surface area contributed by atoms with Crippen molar-refractivity contribution < 1.29 is 14.3 Å². The molecule has 1 N–H and O–H groups in total. The SMILES string of the molecule is CCCNC(=O)[C@H](C)N(Cc1cccc(Br)c1)C(=O)COc1ccccc1. The fourth-order valence-corrected chi connectivity index (χ4v) is 3.00. The van der Waals surface area contributed by atoms with E-state index in [9.17, 15) is 9.59 Å². The number of halogens is 1. The van der Waals surface area contributed by atoms with E-state index in [1.54, 1.807) is 24.0 Å². The predicted molar refractivity (Wildman–Crippen MR) is 109 cm³/mol. The molecule has 0 aliphatic heterocycles. The summed E-state index contributed by atoms with van der Waals surface area (Å²) in [6.45, 7) is 4.52. The van der Waals surface area contributed by atoms with Gasteiger partial charge in [0.2, 0.25) is 5.91 Å². The number of ether oxygens (including phenoxy) is 1. The summed E-state index contributed by atoms with van der Waals surface area (Å²) in [4.78, 5) is 26.8. The van der Waals surface area contributed by atoms with Crippen LogP contribution < -0.4 is 10.1 Å². The first-order valence-electron chi connectivity index (χ1n) is 9.00. The molecule has 0 spiro atoms. The van der Waals surface area contributed by atoms with Crippen LogP contribution in [0.15, 0.2) is 59.1 Å². The van der Waals surface area contributed by atoms with E-state index in [4.69, 9.17) is 4.74 Å². The van der Waals surface area contributed by atoms with Crippen molar-refractivity contribution in [1.82, 2.24) is 10.2 Å². The van der Waals surface area contributed by atoms with Gasteiger partial charge >= 0.3 is 0 Å². The number of para-hydroxylation sites is 1. The summed E-state index contributed by atoms with van der Waals surface area (Å²) in [5.41, 5.74) is 0.938. The average molecular weight is 433 g/mol. The van der Waals surface area contributed by atoms with Crippen LogP contribution in [-0.2, 0) is 16.1 Å². The van der Waals surface area contributed by atoms with E-state index in [-0.39, 0.29) is 18.4 Å². The zero-order valence-corrected chi connectivity index (χ0v) is 17.2. The van der Waals surface area contributed by atoms with Crippen molar-refractivity contribution in [2.45, 2.75) is 32.9 Å². The fourth-order valence-electron chi connectivity index (χ4n) is 2.56. The van der Waals surface area contributed by atoms with Crippen LogP contribution in [0, 0.1) is 0 Å². The molecule has 2 aromatic rings. The molecule has 144 valence electrons. The molecule has 0 unspecified atom stereocenters. The van der Waals surface area contributed by atoms with Crippen LogP contribution in [0.1, 0.15) is 25.8 Å². The molecule has 0 heterocycles. The van der Waals surface area contributed by atoms with Gasteiger partial charge in [-0.1, -0.05) is 53.2 Å². The second-order valence-corrected chi connectivity index (χ2v) is 7.14. The van der Waals surface area contributed by atoms with Crippen molar-refractivity contribution in [1.29, 1.82) is 0 Å². The molecule has 6 heteroatoms. The van der Waals surface area contributed by atoms with Crippen molar-refractivity contribution in [3.8, 4) is 5.75 Å². The normalized spacial score (nSPS) is 11.5. The minimum atomic E-state index is -0.595. The van der Waals surface area contributed by atoms with Crippen LogP contribution in [0.2, 0.25) is 0 Å². The quantitative estimate of drug-likeness (QED) is 0.655. The van der Waals surface area contributed by atoms with Gasteiger partial charge in [0, 0.05) is 17.6 Å². The van der Waals surface area contributed by atoms with E-state index in [2.05, 4.69) is 21.2 Å². The van der Waals surface area contributed by atoms with Gasteiger partial charge in [-0.3, -0.25) is 9.59 Å². The number of nitrogens with one attached hydrogen (secondary N) is 1. The topological polar surface area (TPSA) is 58.6 Å². The lowest BCUT2D eigenvalue weighted by atomic mass is 10.1. The monoisotopic (exact) mass is 432 g/mol. The lowest BCUT2D eigenvalue weighted by Crippen LogP contribution is -2.49. The van der Waals surface area contributed by atoms with Crippen LogP contribution in [0.4, 0.5) is 0 Å². The third kappa shape index (κ3) is 6.71. The second kappa shape index (κ2) is 10.7. The smallest absolute Gasteiger partial charge is 0.261 e. The van der Waals surface area contributed by atoms with E-state index in [1.165, 1.54) is 0 Å². The first-order valence-corrected chi connectivity index (χ1v) is 9.80. The number of nitrogens with zero attached hydrogens (tertiary/aromatic N) is 1. The van der Waals surface area contributed by atoms with E-state index >= 15 is 0 Å². The van der Waals surface area contributed by atoms with Gasteiger partial charge in [0.25, 0.3) is 5.91 Å². The highest BCUT2D eigenvalue weighted by molar-refractivity contribution is 9.10. The Morgan fingerprint density at radius 2 is 1.89 bits per heavy atom. The van der Waals surface area contributed by atoms with Crippen molar-refractivity contribution in [3.05, 3.63) is 64.6 Å². The summed E-state index contributed by atoms with van der Waals surface area (Å²) in [7, 11) is 0. The van der Waals surface area contributed by atoms with E-state index < -0.39 is 6.04 Å². The highest BCUT2D eigenvalue weighted by Crippen LogP contribution is 2.16. The molecular weight excluding hydrogens is 408 g/mol. The maximum atomic E-state index is 12.8. The van der Waals surface area contributed by atoms with E-state index in [1.807, 2.05) is 49.4 Å². The molecule has 0 saturated carbocycles. The average Bonchev–Trinajstić information content (AvgIpc) is 2.68. The number of carbonyl (C=O) groups excluding carboxylic acids is 2. The molecule has 0 radical (unpaired) electrons. The van der Waals surface area contributed by atoms with E-state index in [0.717, 1.165) is 16.5 Å². The van der Waals surface area contributed by atoms with Gasteiger partial charge in [0.15, 0.2) is 6.61 Å². The molecule has 0 aliphatic carbocycles. The third-order valence-electron chi connectivity index (χ3n) is 4.06. The summed E-state index contributed by atoms with van der Waals surface area (Å²) in [5, 5.41) is 2.86. The maximum Gasteiger partial charge on any atom is 0.261 e. The van der Waals surface area contributed by atoms with Crippen molar-refractivity contribution >= 4 is 27.7 Å². The third-order valence-corrected chi connectivity index (χ3v) is 4.56. The molecule has 1 atom stereocenters. The summed E-state index contributed by atoms with van der Waals surface area (Å²) < 4.78 is 6.52. The fraction of sp³-hybridized carbons (Fsp3) is 0.333. The molecule has 0 saturated heterocycles. The van der Waals surface area contributed by atoms with Crippen LogP contribution in [0.3, 0.4) is 0 Å². The van der Waals surface area contributed by atoms with Gasteiger partial charge in [0.1, 0.15) is 11.8 Å². The molecule has 2 aromatic carbocycles. The number of amides is 2. The molecule has 0 bridgehead atoms. The molecule has 0 aromatic heterocycles. The Bertz CT molecular complexity index is 752. The number of hydrogen-bond donors (Lipinski definition) is 1. The highest BCUT2D eigenvalue weighted by Gasteiger charge is 2.26. The standard InChI is InChI=1S/C21H25BrN2O3/c1-3-12-23-21(26)16(2)24(14-17-8-7-9-18(22)13-17)20(25)15-27-19-10-5-4-6-11-19/h4-11,13,16H,3,12,14-15H2,1-2H3,(H,23,26)/t16-/m0/s1. The largest absolute Gasteiger partial charge is 0.484 e. The van der Waals surface area contributed by atoms with Gasteiger partial charge in [-0.15, -0.1) is 0 Å². The molecule has 2 rings (SSSR count). The van der Waals surface area contributed by atoms with Crippen molar-refractivity contribution in [2.24, 2.45) is 0 Å². The summed E-state index contributed by atoms with van der Waals surface area (Å²) >= 11 is 3.44. The van der Waals surface area contributed by atoms with Crippen molar-refractivity contribution in [3.63, 3.8) is 0 Å². The first-order chi connectivity index (χ1) is 13.0. The Hall–Kier alpha value is -2.34. The first kappa shape index (κ1) is 21.0. The minimum absolute atomic E-state index is 0.122. The maximum absolute atomic E-state index is 12.8. The minimum Gasteiger partial charge on any atom is -0.484 e. The van der Waals surface area contributed by atoms with Crippen molar-refractivity contribution in [2.75, 3.05) is 13.2 Å². The lowest BCUT2D eigenvalue weighted by molar-refractivity contribution is -0.142. The molecule has 0 aliphatic rings. The number of rotatable bonds is 9. The number of benzene rings is 2. The Kier molecular flexibility index (Phi) is 8.33. The Morgan fingerprint density at radius 1 is 1.15 bits per heavy atom. The van der Waals surface area contributed by atoms with Crippen LogP contribution >= 0.6 is 15.9 Å². The summed E-state index contributed by atoms with van der Waals surface area (Å²) in [6.07, 6.45) is 0.842. The van der Waals surface area contributed by atoms with Gasteiger partial charge in [-0.05, 0) is 43.2 Å². The molecule has 0 fully saturated rings. The molecule has 5 nitrogen and oxygen atoms in total. The predicted octanol–water partition coefficient (Wildman–Crippen LogP) is 3.77. The summed E-state index contributed by atoms with van der Waals surface area (Å²) in [5.74, 6) is 0.217.